The molecule has 0 aliphatic carbocycles. The second-order valence-electron chi connectivity index (χ2n) is 36.1. The summed E-state index contributed by atoms with van der Waals surface area (Å²) in [7, 11) is 0. The van der Waals surface area contributed by atoms with E-state index in [1.165, 1.54) is 54.8 Å². The first kappa shape index (κ1) is 96.0. The largest absolute Gasteiger partial charge is 0.443 e. The zero-order chi connectivity index (χ0) is 92.7. The lowest BCUT2D eigenvalue weighted by molar-refractivity contribution is -0.389. The molecule has 33 nitrogen and oxygen atoms in total. The number of nitro groups is 2. The van der Waals surface area contributed by atoms with E-state index in [9.17, 15) is 61.4 Å². The lowest BCUT2D eigenvalue weighted by atomic mass is 9.98. The molecule has 21 rings (SSSR count). The SMILES string of the molecule is C1NC[C@H]2COC[C@@H]12.CC(C)(C)OC(=O)N1Cc2nc(-c3c(F)cccc3F)cc(Cc3ccc(N4C[C@H]5COC[C@H]5C4)cn3)c2C1=O.CC(C)(C)OC(=O)N1Cc2nc(-c3c(F)cccc3F)cc(Cl)c2C1=O.Cl.Nc1ccc(N2C[C@H]3COC[C@H]3C2)cn1.Nc1ccc(N2C[C@H]3COC[C@H]3C2)cn1.O=[N+]([O-])c1ccc(F)cn1.O=[N+]([O-])c1ccc(N2C[C@H]3COC[C@H]3C2)cn1. The zero-order valence-corrected chi connectivity index (χ0v) is 75.1. The smallest absolute Gasteiger partial charge is 0.417 e. The van der Waals surface area contributed by atoms with Gasteiger partial charge in [0.05, 0.1) is 171 Å². The number of hydrogen-bond acceptors (Lipinski definition) is 29. The van der Waals surface area contributed by atoms with Crippen molar-refractivity contribution in [2.75, 3.05) is 163 Å². The van der Waals surface area contributed by atoms with Gasteiger partial charge in [-0.1, -0.05) is 23.7 Å². The Morgan fingerprint density at radius 3 is 1.12 bits per heavy atom. The third-order valence-electron chi connectivity index (χ3n) is 24.5. The molecule has 10 atom stereocenters. The van der Waals surface area contributed by atoms with Crippen LogP contribution in [0.25, 0.3) is 22.5 Å². The van der Waals surface area contributed by atoms with Crippen LogP contribution >= 0.6 is 24.0 Å². The monoisotopic (exact) mass is 1860 g/mol. The van der Waals surface area contributed by atoms with Crippen molar-refractivity contribution in [3.8, 4) is 22.5 Å². The number of rotatable bonds is 10. The zero-order valence-electron chi connectivity index (χ0n) is 73.5. The van der Waals surface area contributed by atoms with Crippen molar-refractivity contribution in [3.63, 3.8) is 0 Å². The lowest BCUT2D eigenvalue weighted by Crippen LogP contribution is -2.37. The van der Waals surface area contributed by atoms with Gasteiger partial charge in [0.1, 0.15) is 46.1 Å². The molecular weight excluding hydrogens is 1760 g/mol. The van der Waals surface area contributed by atoms with Gasteiger partial charge in [0.25, 0.3) is 11.8 Å². The number of anilines is 6. The van der Waals surface area contributed by atoms with Gasteiger partial charge in [0, 0.05) is 149 Å². The Morgan fingerprint density at radius 1 is 0.455 bits per heavy atom. The number of nitrogens with one attached hydrogen (secondary N) is 1. The fourth-order valence-electron chi connectivity index (χ4n) is 17.8. The van der Waals surface area contributed by atoms with Gasteiger partial charge < -0.3 is 89.8 Å². The summed E-state index contributed by atoms with van der Waals surface area (Å²) < 4.78 is 107. The molecule has 0 saturated carbocycles. The predicted molar refractivity (Wildman–Crippen MR) is 480 cm³/mol. The van der Waals surface area contributed by atoms with E-state index in [-0.39, 0.29) is 93.6 Å². The molecule has 700 valence electrons. The van der Waals surface area contributed by atoms with Crippen LogP contribution in [0.2, 0.25) is 5.02 Å². The number of amides is 4. The highest BCUT2D eigenvalue weighted by Gasteiger charge is 2.45. The van der Waals surface area contributed by atoms with E-state index < -0.39 is 74.1 Å². The molecule has 4 amide bonds. The molecule has 5 N–H and O–H groups in total. The highest BCUT2D eigenvalue weighted by Crippen LogP contribution is 2.41. The van der Waals surface area contributed by atoms with Gasteiger partial charge in [-0.15, -0.1) is 12.4 Å². The number of nitrogens with zero attached hydrogens (tertiary/aromatic N) is 15. The molecule has 7 aromatic heterocycles. The van der Waals surface area contributed by atoms with Crippen molar-refractivity contribution in [1.82, 2.24) is 50.0 Å². The van der Waals surface area contributed by atoms with Crippen LogP contribution in [0.3, 0.4) is 0 Å². The van der Waals surface area contributed by atoms with Crippen molar-refractivity contribution in [1.29, 1.82) is 0 Å². The van der Waals surface area contributed by atoms with Crippen LogP contribution < -0.4 is 36.4 Å². The van der Waals surface area contributed by atoms with Crippen LogP contribution in [0, 0.1) is 108 Å². The van der Waals surface area contributed by atoms with Gasteiger partial charge in [-0.2, -0.15) is 0 Å². The molecule has 40 heteroatoms. The minimum absolute atomic E-state index is 0. The molecule has 10 saturated heterocycles. The molecule has 10 fully saturated rings. The number of halogens is 7. The molecule has 19 heterocycles. The fraction of sp³-hybridized carbons (Fsp3) is 0.446. The van der Waals surface area contributed by atoms with Crippen LogP contribution in [0.4, 0.5) is 77.6 Å². The Balaban J connectivity index is 0.000000132. The lowest BCUT2D eigenvalue weighted by Gasteiger charge is -2.23. The van der Waals surface area contributed by atoms with E-state index >= 15 is 0 Å². The van der Waals surface area contributed by atoms with E-state index in [1.54, 1.807) is 53.8 Å². The Hall–Kier alpha value is -12.0. The number of imide groups is 2. The van der Waals surface area contributed by atoms with Crippen molar-refractivity contribution < 1.29 is 84.1 Å². The minimum Gasteiger partial charge on any atom is -0.443 e. The maximum Gasteiger partial charge on any atom is 0.417 e. The molecule has 12 aliphatic rings. The summed E-state index contributed by atoms with van der Waals surface area (Å²) in [6, 6.07) is 26.7. The van der Waals surface area contributed by atoms with Gasteiger partial charge in [-0.05, 0) is 152 Å². The molecule has 12 aliphatic heterocycles. The number of fused-ring (bicyclic) bond motifs is 7. The third kappa shape index (κ3) is 23.2. The average Bonchev–Trinajstić information content (AvgIpc) is 1.61. The molecular formula is C92H103Cl2F5N18O15. The second-order valence-corrected chi connectivity index (χ2v) is 36.5. The van der Waals surface area contributed by atoms with E-state index in [0.29, 0.717) is 70.2 Å². The van der Waals surface area contributed by atoms with Gasteiger partial charge >= 0.3 is 23.8 Å². The summed E-state index contributed by atoms with van der Waals surface area (Å²) in [5.41, 5.74) is 15.0. The molecule has 0 bridgehead atoms. The number of hydrogen-bond donors (Lipinski definition) is 3. The van der Waals surface area contributed by atoms with Crippen LogP contribution in [0.5, 0.6) is 0 Å². The van der Waals surface area contributed by atoms with Gasteiger partial charge in [0.2, 0.25) is 0 Å². The number of carbonyl (C=O) groups is 4. The van der Waals surface area contributed by atoms with E-state index in [0.717, 1.165) is 194 Å². The Kier molecular flexibility index (Phi) is 30.4. The predicted octanol–water partition coefficient (Wildman–Crippen LogP) is 13.5. The number of nitrogen functional groups attached to an aromatic ring is 2. The molecule has 0 unspecified atom stereocenters. The number of ether oxygens (including phenoxy) is 7. The van der Waals surface area contributed by atoms with Crippen molar-refractivity contribution in [3.05, 3.63) is 228 Å². The van der Waals surface area contributed by atoms with Gasteiger partial charge in [0.15, 0.2) is 18.2 Å². The topological polar surface area (TPSA) is 393 Å². The average molecular weight is 1870 g/mol. The highest BCUT2D eigenvalue weighted by molar-refractivity contribution is 6.35. The first-order valence-corrected chi connectivity index (χ1v) is 43.6. The third-order valence-corrected chi connectivity index (χ3v) is 24.8. The summed E-state index contributed by atoms with van der Waals surface area (Å²) in [5, 5.41) is 23.7. The van der Waals surface area contributed by atoms with Crippen LogP contribution in [-0.4, -0.2) is 221 Å². The van der Waals surface area contributed by atoms with Crippen LogP contribution in [0.1, 0.15) is 84.9 Å². The summed E-state index contributed by atoms with van der Waals surface area (Å²) in [6.45, 7) is 29.2. The van der Waals surface area contributed by atoms with E-state index in [2.05, 4.69) is 59.8 Å². The second kappa shape index (κ2) is 41.8. The number of carbonyl (C=O) groups excluding carboxylic acids is 4. The fourth-order valence-corrected chi connectivity index (χ4v) is 18.1. The van der Waals surface area contributed by atoms with E-state index in [1.807, 2.05) is 55.0 Å². The molecule has 2 aromatic carbocycles. The number of benzene rings is 2. The van der Waals surface area contributed by atoms with Crippen molar-refractivity contribution in [2.24, 2.45) is 59.2 Å². The van der Waals surface area contributed by atoms with E-state index in [4.69, 9.17) is 56.2 Å². The summed E-state index contributed by atoms with van der Waals surface area (Å²) in [6.07, 6.45) is 6.48. The Labute approximate surface area is 769 Å². The first-order valence-electron chi connectivity index (χ1n) is 43.3. The highest BCUT2D eigenvalue weighted by atomic mass is 35.5. The standard InChI is InChI=1S/C30H30F2N4O4.C18H15ClF2N2O3.C11H13N3O3.2C11H15N3O.C6H11NO.C5H3FN2O2.ClH/c1-30(2,3)40-29(38)36-14-25-26(28(36)37)17(10-24(34-25)27-22(31)5-4-6-23(27)32)9-20-7-8-21(11-33-20)35-12-18-15-39-16-19(18)13-35;1-18(2,3)26-17(25)23-8-13-14(16(23)24)9(19)7-12(22-13)15-10(20)5-4-6-11(15)21;15-14(16)11-2-1-10(3-12-11)13-4-8-6-17-7-9(8)5-13;2*12-11-2-1-10(3-13-11)14-4-8-6-15-7-9(8)5-14;1-5-3-8-4-6(5)2-7-1;6-4-1-2-5(7-3-4)8(9)10;/h4-8,10-11,18-19H,9,12-16H2,1-3H3;4-7H,8H2,1-3H3;1-3,8-9H,4-7H2;2*1-3,8-9H,4-7H2,(H2,12,13);5-7H,1-4H2;1-3H;1H/t18-,19+;;3*8-,9+;5-,6+;;. The summed E-state index contributed by atoms with van der Waals surface area (Å²) in [4.78, 5) is 110. The molecule has 0 radical (unpaired) electrons. The van der Waals surface area contributed by atoms with Crippen LogP contribution in [-0.2, 0) is 52.7 Å². The van der Waals surface area contributed by atoms with Crippen molar-refractivity contribution in [2.45, 2.75) is 72.3 Å². The normalized spacial score (nSPS) is 22.5. The summed E-state index contributed by atoms with van der Waals surface area (Å²) in [5.74, 6) is 2.59. The molecule has 9 aromatic rings. The quantitative estimate of drug-likeness (QED) is 0.0650. The Bertz CT molecular complexity index is 5450. The minimum atomic E-state index is -0.838. The number of aromatic nitrogens is 7. The number of pyridine rings is 7. The number of nitrogens with two attached hydrogens (primary N) is 2. The van der Waals surface area contributed by atoms with Crippen LogP contribution in [0.15, 0.2) is 140 Å². The van der Waals surface area contributed by atoms with Gasteiger partial charge in [-0.25, -0.2) is 61.3 Å². The maximum atomic E-state index is 14.7. The first-order chi connectivity index (χ1) is 62.7. The molecule has 0 spiro atoms. The van der Waals surface area contributed by atoms with Crippen molar-refractivity contribution >= 4 is 94.0 Å². The summed E-state index contributed by atoms with van der Waals surface area (Å²) >= 11 is 6.14. The maximum absolute atomic E-state index is 14.7. The van der Waals surface area contributed by atoms with Gasteiger partial charge in [-0.3, -0.25) is 14.6 Å². The molecule has 132 heavy (non-hydrogen) atoms. The Morgan fingerprint density at radius 2 is 0.788 bits per heavy atom.